The van der Waals surface area contributed by atoms with Crippen molar-refractivity contribution in [3.63, 3.8) is 0 Å². The number of thioether (sulfide) groups is 1. The minimum Gasteiger partial charge on any atom is -0.490 e. The molecule has 0 unspecified atom stereocenters. The van der Waals surface area contributed by atoms with Crippen LogP contribution in [0.3, 0.4) is 0 Å². The minimum atomic E-state index is -0.0897. The third-order valence-corrected chi connectivity index (χ3v) is 5.66. The van der Waals surface area contributed by atoms with E-state index in [-0.39, 0.29) is 5.91 Å². The fourth-order valence-electron chi connectivity index (χ4n) is 2.90. The van der Waals surface area contributed by atoms with Crippen LogP contribution in [0.1, 0.15) is 16.7 Å². The van der Waals surface area contributed by atoms with E-state index < -0.39 is 0 Å². The topological polar surface area (TPSA) is 38.8 Å². The lowest BCUT2D eigenvalue weighted by Gasteiger charge is -2.11. The number of aryl methyl sites for hydroxylation is 2. The van der Waals surface area contributed by atoms with Crippen LogP contribution in [0.25, 0.3) is 6.08 Å². The minimum absolute atomic E-state index is 0.0897. The summed E-state index contributed by atoms with van der Waals surface area (Å²) in [6.45, 7) is 9.06. The van der Waals surface area contributed by atoms with E-state index in [0.29, 0.717) is 29.0 Å². The molecule has 29 heavy (non-hydrogen) atoms. The molecule has 2 aromatic carbocycles. The lowest BCUT2D eigenvalue weighted by molar-refractivity contribution is -0.121. The van der Waals surface area contributed by atoms with Crippen LogP contribution in [-0.2, 0) is 4.79 Å². The van der Waals surface area contributed by atoms with E-state index >= 15 is 0 Å². The van der Waals surface area contributed by atoms with Crippen LogP contribution in [0.5, 0.6) is 11.5 Å². The maximum atomic E-state index is 12.4. The van der Waals surface area contributed by atoms with Gasteiger partial charge >= 0.3 is 0 Å². The summed E-state index contributed by atoms with van der Waals surface area (Å²) in [5.41, 5.74) is 3.21. The molecule has 1 fully saturated rings. The molecule has 3 rings (SSSR count). The first kappa shape index (κ1) is 21.1. The Morgan fingerprint density at radius 3 is 2.69 bits per heavy atom. The van der Waals surface area contributed by atoms with Crippen LogP contribution in [0.2, 0.25) is 0 Å². The second-order valence-corrected chi connectivity index (χ2v) is 8.30. The van der Waals surface area contributed by atoms with Gasteiger partial charge in [-0.25, -0.2) is 0 Å². The SMILES string of the molecule is C=CCN1C(=O)C(=Cc2cccc(OCCOc3ccc(C)cc3C)c2)SC1=S. The summed E-state index contributed by atoms with van der Waals surface area (Å²) in [5.74, 6) is 1.51. The number of amides is 1. The fourth-order valence-corrected chi connectivity index (χ4v) is 4.18. The normalized spacial score (nSPS) is 15.1. The van der Waals surface area contributed by atoms with Crippen molar-refractivity contribution in [1.82, 2.24) is 4.90 Å². The Kier molecular flexibility index (Phi) is 7.12. The number of carbonyl (C=O) groups excluding carboxylic acids is 1. The molecule has 2 aromatic rings. The van der Waals surface area contributed by atoms with Crippen molar-refractivity contribution in [2.24, 2.45) is 0 Å². The predicted octanol–water partition coefficient (Wildman–Crippen LogP) is 5.15. The largest absolute Gasteiger partial charge is 0.490 e. The first-order valence-electron chi connectivity index (χ1n) is 9.27. The lowest BCUT2D eigenvalue weighted by atomic mass is 10.1. The molecule has 0 spiro atoms. The highest BCUT2D eigenvalue weighted by atomic mass is 32.2. The quantitative estimate of drug-likeness (QED) is 0.253. The highest BCUT2D eigenvalue weighted by Gasteiger charge is 2.30. The number of rotatable bonds is 8. The molecular formula is C23H23NO3S2. The van der Waals surface area contributed by atoms with Crippen molar-refractivity contribution in [2.75, 3.05) is 19.8 Å². The van der Waals surface area contributed by atoms with Gasteiger partial charge in [0.15, 0.2) is 0 Å². The average molecular weight is 426 g/mol. The van der Waals surface area contributed by atoms with Crippen LogP contribution < -0.4 is 9.47 Å². The van der Waals surface area contributed by atoms with Crippen molar-refractivity contribution in [3.8, 4) is 11.5 Å². The van der Waals surface area contributed by atoms with Crippen LogP contribution in [0, 0.1) is 13.8 Å². The molecule has 0 bridgehead atoms. The highest BCUT2D eigenvalue weighted by molar-refractivity contribution is 8.26. The standard InChI is InChI=1S/C23H23NO3S2/c1-4-10-24-22(25)21(29-23(24)28)15-18-6-5-7-19(14-18)26-11-12-27-20-9-8-16(2)13-17(20)3/h4-9,13-15H,1,10-12H2,2-3H3. The van der Waals surface area contributed by atoms with E-state index in [1.165, 1.54) is 17.3 Å². The maximum absolute atomic E-state index is 12.4. The molecule has 0 saturated carbocycles. The molecule has 0 aliphatic carbocycles. The second kappa shape index (κ2) is 9.76. The van der Waals surface area contributed by atoms with Crippen LogP contribution in [0.15, 0.2) is 60.0 Å². The van der Waals surface area contributed by atoms with E-state index in [1.54, 1.807) is 11.0 Å². The summed E-state index contributed by atoms with van der Waals surface area (Å²) in [6.07, 6.45) is 3.50. The van der Waals surface area contributed by atoms with Crippen LogP contribution in [0.4, 0.5) is 0 Å². The molecule has 1 aliphatic rings. The number of ether oxygens (including phenoxy) is 2. The molecule has 0 radical (unpaired) electrons. The molecule has 4 nitrogen and oxygen atoms in total. The molecule has 1 heterocycles. The van der Waals surface area contributed by atoms with Crippen molar-refractivity contribution >= 4 is 40.3 Å². The van der Waals surface area contributed by atoms with Gasteiger partial charge in [0.05, 0.1) is 4.91 Å². The Hall–Kier alpha value is -2.57. The highest BCUT2D eigenvalue weighted by Crippen LogP contribution is 2.32. The van der Waals surface area contributed by atoms with Gasteiger partial charge in [-0.05, 0) is 49.2 Å². The van der Waals surface area contributed by atoms with Crippen molar-refractivity contribution in [1.29, 1.82) is 0 Å². The maximum Gasteiger partial charge on any atom is 0.266 e. The van der Waals surface area contributed by atoms with Gasteiger partial charge in [0.25, 0.3) is 5.91 Å². The Morgan fingerprint density at radius 2 is 1.93 bits per heavy atom. The molecule has 0 aromatic heterocycles. The van der Waals surface area contributed by atoms with Gasteiger partial charge in [-0.2, -0.15) is 0 Å². The summed E-state index contributed by atoms with van der Waals surface area (Å²) in [7, 11) is 0. The molecule has 150 valence electrons. The zero-order valence-electron chi connectivity index (χ0n) is 16.5. The first-order chi connectivity index (χ1) is 14.0. The summed E-state index contributed by atoms with van der Waals surface area (Å²) in [4.78, 5) is 14.6. The van der Waals surface area contributed by atoms with E-state index in [9.17, 15) is 4.79 Å². The fraction of sp³-hybridized carbons (Fsp3) is 0.217. The summed E-state index contributed by atoms with van der Waals surface area (Å²) in [5, 5.41) is 0. The average Bonchev–Trinajstić information content (AvgIpc) is 2.95. The van der Waals surface area contributed by atoms with Gasteiger partial charge in [0.1, 0.15) is 29.0 Å². The van der Waals surface area contributed by atoms with Crippen LogP contribution in [-0.4, -0.2) is 34.9 Å². The van der Waals surface area contributed by atoms with Gasteiger partial charge < -0.3 is 9.47 Å². The first-order valence-corrected chi connectivity index (χ1v) is 10.5. The second-order valence-electron chi connectivity index (χ2n) is 6.62. The Labute approximate surface area is 181 Å². The molecule has 0 N–H and O–H groups in total. The molecule has 1 aliphatic heterocycles. The number of hydrogen-bond acceptors (Lipinski definition) is 5. The zero-order valence-corrected chi connectivity index (χ0v) is 18.1. The number of hydrogen-bond donors (Lipinski definition) is 0. The predicted molar refractivity (Wildman–Crippen MR) is 123 cm³/mol. The molecule has 1 amide bonds. The summed E-state index contributed by atoms with van der Waals surface area (Å²) >= 11 is 6.57. The van der Waals surface area contributed by atoms with Gasteiger partial charge in [0, 0.05) is 6.54 Å². The summed E-state index contributed by atoms with van der Waals surface area (Å²) in [6, 6.07) is 13.7. The van der Waals surface area contributed by atoms with Gasteiger partial charge in [0.2, 0.25) is 0 Å². The third-order valence-electron chi connectivity index (χ3n) is 4.28. The molecule has 0 atom stereocenters. The van der Waals surface area contributed by atoms with Crippen molar-refractivity contribution in [2.45, 2.75) is 13.8 Å². The Bertz CT molecular complexity index is 968. The monoisotopic (exact) mass is 425 g/mol. The molecule has 1 saturated heterocycles. The van der Waals surface area contributed by atoms with E-state index in [1.807, 2.05) is 49.4 Å². The van der Waals surface area contributed by atoms with Crippen molar-refractivity contribution in [3.05, 3.63) is 76.7 Å². The van der Waals surface area contributed by atoms with E-state index in [4.69, 9.17) is 21.7 Å². The van der Waals surface area contributed by atoms with Gasteiger partial charge in [-0.15, -0.1) is 6.58 Å². The Morgan fingerprint density at radius 1 is 1.14 bits per heavy atom. The number of thiocarbonyl (C=S) groups is 1. The van der Waals surface area contributed by atoms with E-state index in [0.717, 1.165) is 22.6 Å². The van der Waals surface area contributed by atoms with Gasteiger partial charge in [-0.1, -0.05) is 59.9 Å². The van der Waals surface area contributed by atoms with Gasteiger partial charge in [-0.3, -0.25) is 9.69 Å². The Balaban J connectivity index is 1.58. The number of benzene rings is 2. The third kappa shape index (κ3) is 5.49. The molecule has 6 heteroatoms. The molecular weight excluding hydrogens is 402 g/mol. The van der Waals surface area contributed by atoms with Crippen LogP contribution >= 0.6 is 24.0 Å². The number of carbonyl (C=O) groups is 1. The lowest BCUT2D eigenvalue weighted by Crippen LogP contribution is -2.27. The number of nitrogens with zero attached hydrogens (tertiary/aromatic N) is 1. The van der Waals surface area contributed by atoms with E-state index in [2.05, 4.69) is 19.6 Å². The summed E-state index contributed by atoms with van der Waals surface area (Å²) < 4.78 is 12.2. The van der Waals surface area contributed by atoms with Crippen molar-refractivity contribution < 1.29 is 14.3 Å². The smallest absolute Gasteiger partial charge is 0.266 e. The zero-order chi connectivity index (χ0) is 20.8.